The van der Waals surface area contributed by atoms with Crippen LogP contribution in [0.5, 0.6) is 0 Å². The molecule has 0 radical (unpaired) electrons. The second-order valence-electron chi connectivity index (χ2n) is 5.59. The fraction of sp³-hybridized carbons (Fsp3) is 0.500. The third-order valence-corrected chi connectivity index (χ3v) is 3.79. The van der Waals surface area contributed by atoms with Crippen molar-refractivity contribution < 1.29 is 9.18 Å². The van der Waals surface area contributed by atoms with E-state index >= 15 is 0 Å². The number of carbonyl (C=O) groups excluding carboxylic acids is 1. The molecule has 1 N–H and O–H groups in total. The minimum absolute atomic E-state index is 0.187. The summed E-state index contributed by atoms with van der Waals surface area (Å²) in [6.45, 7) is 3.94. The van der Waals surface area contributed by atoms with Crippen LogP contribution in [0.1, 0.15) is 24.8 Å². The number of urea groups is 1. The van der Waals surface area contributed by atoms with E-state index in [2.05, 4.69) is 10.2 Å². The zero-order valence-electron chi connectivity index (χ0n) is 12.8. The number of nitriles is 1. The van der Waals surface area contributed by atoms with Crippen LogP contribution in [0.15, 0.2) is 18.2 Å². The molecular weight excluding hydrogens is 283 g/mol. The van der Waals surface area contributed by atoms with Gasteiger partial charge in [0.05, 0.1) is 11.6 Å². The van der Waals surface area contributed by atoms with Crippen LogP contribution in [-0.2, 0) is 0 Å². The monoisotopic (exact) mass is 304 g/mol. The second kappa shape index (κ2) is 7.76. The average Bonchev–Trinajstić information content (AvgIpc) is 2.99. The van der Waals surface area contributed by atoms with E-state index in [1.807, 2.05) is 6.07 Å². The molecule has 1 saturated heterocycles. The van der Waals surface area contributed by atoms with Crippen LogP contribution in [0.4, 0.5) is 14.9 Å². The van der Waals surface area contributed by atoms with Gasteiger partial charge in [-0.1, -0.05) is 0 Å². The number of anilines is 1. The summed E-state index contributed by atoms with van der Waals surface area (Å²) in [4.78, 5) is 16.0. The van der Waals surface area contributed by atoms with Gasteiger partial charge in [-0.2, -0.15) is 5.26 Å². The van der Waals surface area contributed by atoms with Crippen molar-refractivity contribution in [1.82, 2.24) is 9.80 Å². The van der Waals surface area contributed by atoms with E-state index in [1.54, 1.807) is 11.9 Å². The van der Waals surface area contributed by atoms with Gasteiger partial charge in [0.2, 0.25) is 0 Å². The molecule has 1 aromatic rings. The summed E-state index contributed by atoms with van der Waals surface area (Å²) < 4.78 is 13.3. The van der Waals surface area contributed by atoms with Gasteiger partial charge in [-0.05, 0) is 57.1 Å². The van der Waals surface area contributed by atoms with E-state index in [4.69, 9.17) is 5.26 Å². The number of nitrogens with zero attached hydrogens (tertiary/aromatic N) is 3. The number of halogens is 1. The maximum absolute atomic E-state index is 13.3. The van der Waals surface area contributed by atoms with Gasteiger partial charge in [-0.15, -0.1) is 0 Å². The van der Waals surface area contributed by atoms with Gasteiger partial charge in [0.1, 0.15) is 5.82 Å². The molecule has 1 aliphatic rings. The summed E-state index contributed by atoms with van der Waals surface area (Å²) in [5.74, 6) is -0.536. The molecule has 6 heteroatoms. The predicted molar refractivity (Wildman–Crippen MR) is 83.1 cm³/mol. The SMILES string of the molecule is CN(CCCN1CCCC1)C(=O)Nc1cc(F)cc(C#N)c1. The smallest absolute Gasteiger partial charge is 0.321 e. The minimum Gasteiger partial charge on any atom is -0.328 e. The topological polar surface area (TPSA) is 59.4 Å². The fourth-order valence-corrected chi connectivity index (χ4v) is 2.58. The standard InChI is InChI=1S/C16H21FN4O/c1-20(5-4-8-21-6-2-3-7-21)16(22)19-15-10-13(12-18)9-14(17)11-15/h9-11H,2-8H2,1H3,(H,19,22). The number of benzene rings is 1. The zero-order valence-corrected chi connectivity index (χ0v) is 12.8. The molecule has 118 valence electrons. The fourth-order valence-electron chi connectivity index (χ4n) is 2.58. The molecule has 0 spiro atoms. The lowest BCUT2D eigenvalue weighted by Gasteiger charge is -2.20. The Bertz CT molecular complexity index is 564. The molecule has 0 bridgehead atoms. The Hall–Kier alpha value is -2.13. The highest BCUT2D eigenvalue weighted by Crippen LogP contribution is 2.14. The predicted octanol–water partition coefficient (Wildman–Crippen LogP) is 2.65. The molecule has 2 rings (SSSR count). The average molecular weight is 304 g/mol. The van der Waals surface area contributed by atoms with Gasteiger partial charge < -0.3 is 15.1 Å². The molecule has 1 fully saturated rings. The first-order valence-electron chi connectivity index (χ1n) is 7.53. The molecule has 22 heavy (non-hydrogen) atoms. The van der Waals surface area contributed by atoms with Crippen LogP contribution in [0.25, 0.3) is 0 Å². The third-order valence-electron chi connectivity index (χ3n) is 3.79. The minimum atomic E-state index is -0.536. The van der Waals surface area contributed by atoms with Gasteiger partial charge in [0, 0.05) is 19.3 Å². The molecule has 0 unspecified atom stereocenters. The maximum atomic E-state index is 13.3. The molecule has 1 heterocycles. The summed E-state index contributed by atoms with van der Waals surface area (Å²) in [6, 6.07) is 5.37. The van der Waals surface area contributed by atoms with Crippen molar-refractivity contribution in [2.75, 3.05) is 38.5 Å². The summed E-state index contributed by atoms with van der Waals surface area (Å²) in [5, 5.41) is 11.4. The van der Waals surface area contributed by atoms with Gasteiger partial charge in [-0.25, -0.2) is 9.18 Å². The van der Waals surface area contributed by atoms with Crippen molar-refractivity contribution in [2.45, 2.75) is 19.3 Å². The highest BCUT2D eigenvalue weighted by molar-refractivity contribution is 5.89. The Balaban J connectivity index is 1.80. The first-order valence-corrected chi connectivity index (χ1v) is 7.53. The van der Waals surface area contributed by atoms with Crippen LogP contribution in [0.2, 0.25) is 0 Å². The largest absolute Gasteiger partial charge is 0.328 e. The van der Waals surface area contributed by atoms with E-state index in [9.17, 15) is 9.18 Å². The van der Waals surface area contributed by atoms with E-state index in [0.29, 0.717) is 12.2 Å². The molecule has 1 aromatic carbocycles. The number of amides is 2. The first kappa shape index (κ1) is 16.2. The lowest BCUT2D eigenvalue weighted by Crippen LogP contribution is -2.34. The summed E-state index contributed by atoms with van der Waals surface area (Å²) in [7, 11) is 1.71. The van der Waals surface area contributed by atoms with Gasteiger partial charge >= 0.3 is 6.03 Å². The highest BCUT2D eigenvalue weighted by Gasteiger charge is 2.13. The first-order chi connectivity index (χ1) is 10.6. The zero-order chi connectivity index (χ0) is 15.9. The Morgan fingerprint density at radius 2 is 2.14 bits per heavy atom. The lowest BCUT2D eigenvalue weighted by atomic mass is 10.2. The third kappa shape index (κ3) is 4.71. The second-order valence-corrected chi connectivity index (χ2v) is 5.59. The van der Waals surface area contributed by atoms with Crippen molar-refractivity contribution in [2.24, 2.45) is 0 Å². The normalized spacial score (nSPS) is 14.6. The van der Waals surface area contributed by atoms with Crippen LogP contribution in [0, 0.1) is 17.1 Å². The van der Waals surface area contributed by atoms with Gasteiger partial charge in [0.15, 0.2) is 0 Å². The van der Waals surface area contributed by atoms with Crippen molar-refractivity contribution in [3.05, 3.63) is 29.6 Å². The Morgan fingerprint density at radius 3 is 2.82 bits per heavy atom. The number of carbonyl (C=O) groups is 1. The molecule has 1 aliphatic heterocycles. The number of hydrogen-bond donors (Lipinski definition) is 1. The van der Waals surface area contributed by atoms with Crippen molar-refractivity contribution in [3.63, 3.8) is 0 Å². The van der Waals surface area contributed by atoms with Crippen LogP contribution < -0.4 is 5.32 Å². The van der Waals surface area contributed by atoms with E-state index in [0.717, 1.165) is 32.1 Å². The lowest BCUT2D eigenvalue weighted by molar-refractivity contribution is 0.218. The van der Waals surface area contributed by atoms with E-state index < -0.39 is 5.82 Å². The van der Waals surface area contributed by atoms with Crippen molar-refractivity contribution >= 4 is 11.7 Å². The van der Waals surface area contributed by atoms with Gasteiger partial charge in [0.25, 0.3) is 0 Å². The Labute approximate surface area is 130 Å². The molecule has 2 amide bonds. The molecule has 5 nitrogen and oxygen atoms in total. The Kier molecular flexibility index (Phi) is 5.73. The number of nitrogens with one attached hydrogen (secondary N) is 1. The van der Waals surface area contributed by atoms with Crippen LogP contribution in [-0.4, -0.2) is 49.1 Å². The van der Waals surface area contributed by atoms with E-state index in [-0.39, 0.29) is 11.6 Å². The van der Waals surface area contributed by atoms with Crippen LogP contribution >= 0.6 is 0 Å². The number of hydrogen-bond acceptors (Lipinski definition) is 3. The molecule has 0 saturated carbocycles. The summed E-state index contributed by atoms with van der Waals surface area (Å²) >= 11 is 0. The molecule has 0 atom stereocenters. The number of rotatable bonds is 5. The van der Waals surface area contributed by atoms with E-state index in [1.165, 1.54) is 25.0 Å². The summed E-state index contributed by atoms with van der Waals surface area (Å²) in [6.07, 6.45) is 3.44. The van der Waals surface area contributed by atoms with Crippen molar-refractivity contribution in [3.8, 4) is 6.07 Å². The molecule has 0 aromatic heterocycles. The molecule has 0 aliphatic carbocycles. The maximum Gasteiger partial charge on any atom is 0.321 e. The quantitative estimate of drug-likeness (QED) is 0.909. The number of likely N-dealkylation sites (tertiary alicyclic amines) is 1. The van der Waals surface area contributed by atoms with Gasteiger partial charge in [-0.3, -0.25) is 0 Å². The highest BCUT2D eigenvalue weighted by atomic mass is 19.1. The molecular formula is C16H21FN4O. The Morgan fingerprint density at radius 1 is 1.41 bits per heavy atom. The van der Waals surface area contributed by atoms with Crippen molar-refractivity contribution in [1.29, 1.82) is 5.26 Å². The summed E-state index contributed by atoms with van der Waals surface area (Å²) in [5.41, 5.74) is 0.486. The van der Waals surface area contributed by atoms with Crippen LogP contribution in [0.3, 0.4) is 0 Å².